The van der Waals surface area contributed by atoms with Gasteiger partial charge in [0.1, 0.15) is 0 Å². The Bertz CT molecular complexity index is 952. The zero-order valence-corrected chi connectivity index (χ0v) is 15.5. The molecule has 136 valence electrons. The van der Waals surface area contributed by atoms with Crippen molar-refractivity contribution in [1.82, 2.24) is 24.9 Å². The van der Waals surface area contributed by atoms with Crippen LogP contribution in [0.25, 0.3) is 5.78 Å². The summed E-state index contributed by atoms with van der Waals surface area (Å²) in [7, 11) is 0. The van der Waals surface area contributed by atoms with Gasteiger partial charge in [-0.3, -0.25) is 4.79 Å². The molecular weight excluding hydrogens is 352 g/mol. The number of benzene rings is 1. The fourth-order valence-corrected chi connectivity index (χ4v) is 3.16. The van der Waals surface area contributed by atoms with Crippen LogP contribution < -0.4 is 11.1 Å². The number of hydrogen-bond donors (Lipinski definition) is 2. The molecule has 0 spiro atoms. The van der Waals surface area contributed by atoms with Crippen LogP contribution in [0.2, 0.25) is 5.02 Å². The molecule has 3 aromatic rings. The molecular formula is C18H21ClN6O. The quantitative estimate of drug-likeness (QED) is 0.691. The summed E-state index contributed by atoms with van der Waals surface area (Å²) in [6.45, 7) is 4.42. The summed E-state index contributed by atoms with van der Waals surface area (Å²) < 4.78 is 1.62. The smallest absolute Gasteiger partial charge is 0.254 e. The van der Waals surface area contributed by atoms with Crippen molar-refractivity contribution in [3.05, 3.63) is 51.8 Å². The van der Waals surface area contributed by atoms with E-state index in [9.17, 15) is 4.79 Å². The van der Waals surface area contributed by atoms with Crippen LogP contribution in [0.3, 0.4) is 0 Å². The number of nitrogen functional groups attached to an aromatic ring is 1. The second-order valence-corrected chi connectivity index (χ2v) is 6.61. The van der Waals surface area contributed by atoms with Crippen LogP contribution in [0.1, 0.15) is 28.9 Å². The molecule has 8 heteroatoms. The van der Waals surface area contributed by atoms with Crippen molar-refractivity contribution in [3.63, 3.8) is 0 Å². The van der Waals surface area contributed by atoms with Crippen LogP contribution in [0.4, 0.5) is 5.95 Å². The second-order valence-electron chi connectivity index (χ2n) is 6.17. The van der Waals surface area contributed by atoms with Gasteiger partial charge < -0.3 is 11.1 Å². The number of carbonyl (C=O) groups excluding carboxylic acids is 1. The number of amides is 1. The Balaban J connectivity index is 1.56. The van der Waals surface area contributed by atoms with Crippen LogP contribution in [-0.4, -0.2) is 32.0 Å². The summed E-state index contributed by atoms with van der Waals surface area (Å²) in [4.78, 5) is 20.6. The first-order valence-electron chi connectivity index (χ1n) is 8.43. The van der Waals surface area contributed by atoms with Crippen molar-refractivity contribution in [1.29, 1.82) is 0 Å². The molecule has 0 saturated carbocycles. The molecule has 0 aliphatic rings. The standard InChI is InChI=1S/C18H21ClN6O/c1-11-15(12(2)25-18(22-11)23-17(20)24-25)6-7-16(26)21-9-8-13-4-3-5-14(19)10-13/h3-5,10H,6-9H2,1-2H3,(H2,20,24)(H,21,26). The van der Waals surface area contributed by atoms with E-state index in [2.05, 4.69) is 20.4 Å². The minimum atomic E-state index is 0.00373. The van der Waals surface area contributed by atoms with Gasteiger partial charge in [-0.05, 0) is 49.9 Å². The number of aromatic nitrogens is 4. The SMILES string of the molecule is Cc1nc2nc(N)nn2c(C)c1CCC(=O)NCCc1cccc(Cl)c1. The number of nitrogens with zero attached hydrogens (tertiary/aromatic N) is 4. The predicted molar refractivity (Wildman–Crippen MR) is 101 cm³/mol. The Morgan fingerprint density at radius 2 is 2.08 bits per heavy atom. The molecule has 1 aromatic carbocycles. The highest BCUT2D eigenvalue weighted by molar-refractivity contribution is 6.30. The Hall–Kier alpha value is -2.67. The van der Waals surface area contributed by atoms with E-state index in [-0.39, 0.29) is 11.9 Å². The fourth-order valence-electron chi connectivity index (χ4n) is 2.95. The van der Waals surface area contributed by atoms with Gasteiger partial charge in [0.2, 0.25) is 11.9 Å². The number of aryl methyl sites for hydroxylation is 2. The maximum atomic E-state index is 12.2. The highest BCUT2D eigenvalue weighted by atomic mass is 35.5. The van der Waals surface area contributed by atoms with E-state index in [0.717, 1.165) is 28.9 Å². The molecule has 3 rings (SSSR count). The molecule has 0 atom stereocenters. The number of carbonyl (C=O) groups is 1. The van der Waals surface area contributed by atoms with E-state index >= 15 is 0 Å². The number of fused-ring (bicyclic) bond motifs is 1. The molecule has 0 bridgehead atoms. The van der Waals surface area contributed by atoms with E-state index in [1.165, 1.54) is 0 Å². The maximum Gasteiger partial charge on any atom is 0.254 e. The molecule has 2 aromatic heterocycles. The van der Waals surface area contributed by atoms with Gasteiger partial charge in [-0.1, -0.05) is 23.7 Å². The van der Waals surface area contributed by atoms with Crippen molar-refractivity contribution in [3.8, 4) is 0 Å². The third-order valence-electron chi connectivity index (χ3n) is 4.29. The molecule has 0 saturated heterocycles. The van der Waals surface area contributed by atoms with Gasteiger partial charge in [0, 0.05) is 29.4 Å². The maximum absolute atomic E-state index is 12.2. The average Bonchev–Trinajstić information content (AvgIpc) is 2.95. The van der Waals surface area contributed by atoms with Gasteiger partial charge in [-0.2, -0.15) is 9.50 Å². The first-order chi connectivity index (χ1) is 12.4. The third-order valence-corrected chi connectivity index (χ3v) is 4.53. The molecule has 0 aliphatic heterocycles. The lowest BCUT2D eigenvalue weighted by molar-refractivity contribution is -0.121. The normalized spacial score (nSPS) is 11.0. The molecule has 1 amide bonds. The zero-order valence-electron chi connectivity index (χ0n) is 14.8. The second kappa shape index (κ2) is 7.70. The van der Waals surface area contributed by atoms with Crippen LogP contribution in [-0.2, 0) is 17.6 Å². The first kappa shape index (κ1) is 18.1. The molecule has 3 N–H and O–H groups in total. The number of hydrogen-bond acceptors (Lipinski definition) is 5. The Morgan fingerprint density at radius 3 is 2.85 bits per heavy atom. The highest BCUT2D eigenvalue weighted by Gasteiger charge is 2.13. The van der Waals surface area contributed by atoms with E-state index in [0.29, 0.717) is 30.2 Å². The summed E-state index contributed by atoms with van der Waals surface area (Å²) in [5.74, 6) is 0.673. The lowest BCUT2D eigenvalue weighted by Gasteiger charge is -2.10. The topological polar surface area (TPSA) is 98.2 Å². The molecule has 26 heavy (non-hydrogen) atoms. The van der Waals surface area contributed by atoms with Crippen LogP contribution in [0, 0.1) is 13.8 Å². The Kier molecular flexibility index (Phi) is 5.37. The zero-order chi connectivity index (χ0) is 18.7. The van der Waals surface area contributed by atoms with Gasteiger partial charge in [0.25, 0.3) is 5.78 Å². The number of nitrogens with two attached hydrogens (primary N) is 1. The monoisotopic (exact) mass is 372 g/mol. The van der Waals surface area contributed by atoms with Gasteiger partial charge in [0.15, 0.2) is 0 Å². The largest absolute Gasteiger partial charge is 0.366 e. The van der Waals surface area contributed by atoms with Crippen LogP contribution >= 0.6 is 11.6 Å². The Labute approximate surface area is 156 Å². The van der Waals surface area contributed by atoms with E-state index < -0.39 is 0 Å². The van der Waals surface area contributed by atoms with E-state index in [1.807, 2.05) is 38.1 Å². The number of nitrogens with one attached hydrogen (secondary N) is 1. The van der Waals surface area contributed by atoms with Crippen molar-refractivity contribution >= 4 is 29.2 Å². The van der Waals surface area contributed by atoms with Gasteiger partial charge >= 0.3 is 0 Å². The van der Waals surface area contributed by atoms with Crippen LogP contribution in [0.15, 0.2) is 24.3 Å². The highest BCUT2D eigenvalue weighted by Crippen LogP contribution is 2.16. The molecule has 0 radical (unpaired) electrons. The average molecular weight is 373 g/mol. The van der Waals surface area contributed by atoms with Crippen molar-refractivity contribution in [2.24, 2.45) is 0 Å². The number of halogens is 1. The van der Waals surface area contributed by atoms with Crippen molar-refractivity contribution in [2.45, 2.75) is 33.1 Å². The summed E-state index contributed by atoms with van der Waals surface area (Å²) in [5, 5.41) is 7.79. The molecule has 2 heterocycles. The fraction of sp³-hybridized carbons (Fsp3) is 0.333. The van der Waals surface area contributed by atoms with Gasteiger partial charge in [0.05, 0.1) is 0 Å². The third kappa shape index (κ3) is 4.11. The molecule has 0 fully saturated rings. The first-order valence-corrected chi connectivity index (χ1v) is 8.81. The Morgan fingerprint density at radius 1 is 1.27 bits per heavy atom. The van der Waals surface area contributed by atoms with Crippen LogP contribution in [0.5, 0.6) is 0 Å². The minimum absolute atomic E-state index is 0.00373. The van der Waals surface area contributed by atoms with Crippen molar-refractivity contribution in [2.75, 3.05) is 12.3 Å². The molecule has 0 unspecified atom stereocenters. The van der Waals surface area contributed by atoms with Gasteiger partial charge in [-0.15, -0.1) is 5.10 Å². The summed E-state index contributed by atoms with van der Waals surface area (Å²) in [5.41, 5.74) is 9.48. The lowest BCUT2D eigenvalue weighted by atomic mass is 10.1. The van der Waals surface area contributed by atoms with E-state index in [4.69, 9.17) is 17.3 Å². The predicted octanol–water partition coefficient (Wildman–Crippen LogP) is 2.27. The van der Waals surface area contributed by atoms with Gasteiger partial charge in [-0.25, -0.2) is 4.98 Å². The van der Waals surface area contributed by atoms with Crippen molar-refractivity contribution < 1.29 is 4.79 Å². The number of anilines is 1. The molecule has 7 nitrogen and oxygen atoms in total. The van der Waals surface area contributed by atoms with E-state index in [1.54, 1.807) is 4.52 Å². The lowest BCUT2D eigenvalue weighted by Crippen LogP contribution is -2.26. The summed E-state index contributed by atoms with van der Waals surface area (Å²) in [6, 6.07) is 7.65. The number of rotatable bonds is 6. The minimum Gasteiger partial charge on any atom is -0.366 e. The summed E-state index contributed by atoms with van der Waals surface area (Å²) in [6.07, 6.45) is 1.72. The molecule has 0 aliphatic carbocycles. The summed E-state index contributed by atoms with van der Waals surface area (Å²) >= 11 is 5.96.